The van der Waals surface area contributed by atoms with Crippen LogP contribution in [-0.2, 0) is 13.1 Å². The van der Waals surface area contributed by atoms with E-state index < -0.39 is 13.0 Å². The summed E-state index contributed by atoms with van der Waals surface area (Å²) in [6, 6.07) is 1.73. The van der Waals surface area contributed by atoms with Crippen molar-refractivity contribution in [1.29, 1.82) is 0 Å². The minimum atomic E-state index is -2.40. The van der Waals surface area contributed by atoms with Gasteiger partial charge in [0.1, 0.15) is 10.2 Å². The van der Waals surface area contributed by atoms with Crippen LogP contribution in [0.25, 0.3) is 0 Å². The summed E-state index contributed by atoms with van der Waals surface area (Å²) in [6.45, 7) is 0.0746. The first kappa shape index (κ1) is 12.7. The Morgan fingerprint density at radius 1 is 1.47 bits per heavy atom. The summed E-state index contributed by atoms with van der Waals surface area (Å²) in [5.74, 6) is 0. The molecule has 0 spiro atoms. The quantitative estimate of drug-likeness (QED) is 0.774. The molecule has 92 valence electrons. The zero-order chi connectivity index (χ0) is 12.4. The number of alkyl halides is 2. The third-order valence-electron chi connectivity index (χ3n) is 2.05. The highest BCUT2D eigenvalue weighted by atomic mass is 127. The van der Waals surface area contributed by atoms with Crippen molar-refractivity contribution in [3.8, 4) is 0 Å². The minimum Gasteiger partial charge on any atom is -0.267 e. The van der Waals surface area contributed by atoms with Crippen molar-refractivity contribution in [3.05, 3.63) is 32.9 Å². The molecule has 0 aliphatic heterocycles. The lowest BCUT2D eigenvalue weighted by Gasteiger charge is -2.00. The molecule has 0 fully saturated rings. The molecular formula is C9H8ClF2IN4. The second kappa shape index (κ2) is 5.30. The van der Waals surface area contributed by atoms with Gasteiger partial charge in [-0.2, -0.15) is 10.2 Å². The number of hydrogen-bond donors (Lipinski definition) is 0. The van der Waals surface area contributed by atoms with E-state index in [0.717, 1.165) is 9.26 Å². The molecule has 4 nitrogen and oxygen atoms in total. The first-order valence-electron chi connectivity index (χ1n) is 4.73. The Morgan fingerprint density at radius 2 is 2.24 bits per heavy atom. The maximum atomic E-state index is 12.1. The average molecular weight is 373 g/mol. The average Bonchev–Trinajstić information content (AvgIpc) is 2.74. The molecule has 0 N–H and O–H groups in total. The zero-order valence-corrected chi connectivity index (χ0v) is 11.4. The first-order valence-corrected chi connectivity index (χ1v) is 6.18. The molecule has 0 atom stereocenters. The van der Waals surface area contributed by atoms with Crippen molar-refractivity contribution < 1.29 is 8.78 Å². The zero-order valence-electron chi connectivity index (χ0n) is 8.52. The van der Waals surface area contributed by atoms with Crippen LogP contribution in [0.5, 0.6) is 0 Å². The summed E-state index contributed by atoms with van der Waals surface area (Å²) >= 11 is 7.85. The number of aromatic nitrogens is 4. The van der Waals surface area contributed by atoms with Crippen LogP contribution in [0.3, 0.4) is 0 Å². The number of halogens is 4. The predicted molar refractivity (Wildman–Crippen MR) is 67.3 cm³/mol. The normalized spacial score (nSPS) is 11.4. The third-order valence-corrected chi connectivity index (χ3v) is 3.10. The summed E-state index contributed by atoms with van der Waals surface area (Å²) in [5.41, 5.74) is 0.809. The van der Waals surface area contributed by atoms with Gasteiger partial charge < -0.3 is 0 Å². The topological polar surface area (TPSA) is 35.6 Å². The molecule has 0 aliphatic rings. The smallest absolute Gasteiger partial charge is 0.257 e. The molecule has 2 aromatic rings. The van der Waals surface area contributed by atoms with Crippen molar-refractivity contribution in [2.45, 2.75) is 19.5 Å². The van der Waals surface area contributed by atoms with Gasteiger partial charge in [-0.3, -0.25) is 9.36 Å². The number of nitrogens with zero attached hydrogens (tertiary/aromatic N) is 4. The van der Waals surface area contributed by atoms with Crippen LogP contribution in [-0.4, -0.2) is 26.0 Å². The van der Waals surface area contributed by atoms with Crippen LogP contribution in [0, 0.1) is 3.70 Å². The van der Waals surface area contributed by atoms with Crippen molar-refractivity contribution in [2.24, 2.45) is 0 Å². The monoisotopic (exact) mass is 372 g/mol. The second-order valence-corrected chi connectivity index (χ2v) is 4.90. The van der Waals surface area contributed by atoms with Crippen molar-refractivity contribution >= 4 is 34.2 Å². The summed E-state index contributed by atoms with van der Waals surface area (Å²) in [6.07, 6.45) is 0.730. The highest BCUT2D eigenvalue weighted by molar-refractivity contribution is 14.1. The van der Waals surface area contributed by atoms with Gasteiger partial charge in [0.15, 0.2) is 5.15 Å². The molecule has 0 unspecified atom stereocenters. The molecule has 8 heteroatoms. The van der Waals surface area contributed by atoms with Crippen LogP contribution in [0.2, 0.25) is 5.15 Å². The maximum Gasteiger partial charge on any atom is 0.257 e. The van der Waals surface area contributed by atoms with Crippen LogP contribution in [0.15, 0.2) is 18.5 Å². The summed E-state index contributed by atoms with van der Waals surface area (Å²) in [7, 11) is 0. The molecule has 2 rings (SSSR count). The first-order chi connectivity index (χ1) is 8.04. The maximum absolute atomic E-state index is 12.1. The highest BCUT2D eigenvalue weighted by Gasteiger charge is 2.08. The van der Waals surface area contributed by atoms with E-state index in [0.29, 0.717) is 11.7 Å². The van der Waals surface area contributed by atoms with Crippen LogP contribution in [0.1, 0.15) is 5.56 Å². The molecule has 0 saturated heterocycles. The van der Waals surface area contributed by atoms with E-state index in [4.69, 9.17) is 11.6 Å². The largest absolute Gasteiger partial charge is 0.267 e. The molecular weight excluding hydrogens is 364 g/mol. The van der Waals surface area contributed by atoms with E-state index in [1.54, 1.807) is 23.1 Å². The second-order valence-electron chi connectivity index (χ2n) is 3.41. The van der Waals surface area contributed by atoms with Gasteiger partial charge in [0.2, 0.25) is 0 Å². The lowest BCUT2D eigenvalue weighted by Crippen LogP contribution is -2.07. The van der Waals surface area contributed by atoms with Gasteiger partial charge in [-0.05, 0) is 22.6 Å². The predicted octanol–water partition coefficient (Wildman–Crippen LogP) is 2.65. The van der Waals surface area contributed by atoms with Gasteiger partial charge in [0.25, 0.3) is 6.43 Å². The Bertz CT molecular complexity index is 511. The van der Waals surface area contributed by atoms with Crippen LogP contribution in [0.4, 0.5) is 8.78 Å². The molecule has 0 aromatic carbocycles. The molecule has 0 bridgehead atoms. The Morgan fingerprint density at radius 3 is 2.82 bits per heavy atom. The SMILES string of the molecule is FC(F)Cn1cc(Cn2nc(Cl)cc2I)cn1. The van der Waals surface area contributed by atoms with E-state index in [1.807, 2.05) is 0 Å². The molecule has 17 heavy (non-hydrogen) atoms. The lowest BCUT2D eigenvalue weighted by atomic mass is 10.4. The summed E-state index contributed by atoms with van der Waals surface area (Å²) in [4.78, 5) is 0. The fourth-order valence-electron chi connectivity index (χ4n) is 1.38. The Kier molecular flexibility index (Phi) is 3.97. The van der Waals surface area contributed by atoms with Gasteiger partial charge in [-0.25, -0.2) is 8.78 Å². The standard InChI is InChI=1S/C9H8ClF2IN4/c10-7-1-9(13)17(15-7)4-6-2-14-16(3-6)5-8(11)12/h1-3,8H,4-5H2. The summed E-state index contributed by atoms with van der Waals surface area (Å²) in [5, 5.41) is 8.33. The Hall–Kier alpha value is -0.700. The molecule has 0 radical (unpaired) electrons. The van der Waals surface area contributed by atoms with Crippen molar-refractivity contribution in [2.75, 3.05) is 0 Å². The fourth-order valence-corrected chi connectivity index (χ4v) is 2.33. The van der Waals surface area contributed by atoms with Gasteiger partial charge in [0, 0.05) is 17.8 Å². The van der Waals surface area contributed by atoms with Crippen LogP contribution >= 0.6 is 34.2 Å². The van der Waals surface area contributed by atoms with Crippen molar-refractivity contribution in [3.63, 3.8) is 0 Å². The van der Waals surface area contributed by atoms with E-state index in [-0.39, 0.29) is 0 Å². The van der Waals surface area contributed by atoms with Crippen LogP contribution < -0.4 is 0 Å². The molecule has 2 heterocycles. The molecule has 0 aliphatic carbocycles. The van der Waals surface area contributed by atoms with Gasteiger partial charge in [-0.15, -0.1) is 0 Å². The van der Waals surface area contributed by atoms with Gasteiger partial charge in [0.05, 0.1) is 12.7 Å². The molecule has 0 saturated carbocycles. The Labute approximate surface area is 115 Å². The third kappa shape index (κ3) is 3.38. The van der Waals surface area contributed by atoms with Gasteiger partial charge in [-0.1, -0.05) is 11.6 Å². The van der Waals surface area contributed by atoms with E-state index in [2.05, 4.69) is 32.8 Å². The lowest BCUT2D eigenvalue weighted by molar-refractivity contribution is 0.122. The van der Waals surface area contributed by atoms with E-state index >= 15 is 0 Å². The number of hydrogen-bond acceptors (Lipinski definition) is 2. The highest BCUT2D eigenvalue weighted by Crippen LogP contribution is 2.14. The van der Waals surface area contributed by atoms with E-state index in [9.17, 15) is 8.78 Å². The molecule has 2 aromatic heterocycles. The molecule has 0 amide bonds. The number of rotatable bonds is 4. The summed E-state index contributed by atoms with van der Waals surface area (Å²) < 4.78 is 28.0. The minimum absolute atomic E-state index is 0.392. The van der Waals surface area contributed by atoms with Crippen molar-refractivity contribution in [1.82, 2.24) is 19.6 Å². The van der Waals surface area contributed by atoms with Gasteiger partial charge >= 0.3 is 0 Å². The fraction of sp³-hybridized carbons (Fsp3) is 0.333. The Balaban J connectivity index is 2.08. The van der Waals surface area contributed by atoms with E-state index in [1.165, 1.54) is 4.68 Å².